The van der Waals surface area contributed by atoms with Crippen molar-refractivity contribution in [2.45, 2.75) is 77.2 Å². The zero-order valence-electron chi connectivity index (χ0n) is 17.8. The van der Waals surface area contributed by atoms with Gasteiger partial charge in [0.2, 0.25) is 0 Å². The fraction of sp³-hybridized carbons (Fsp3) is 0.522. The molecule has 2 aliphatic rings. The lowest BCUT2D eigenvalue weighted by Crippen LogP contribution is -2.45. The first kappa shape index (κ1) is 20.4. The van der Waals surface area contributed by atoms with Crippen molar-refractivity contribution in [1.82, 2.24) is 14.7 Å². The zero-order chi connectivity index (χ0) is 21.3. The minimum absolute atomic E-state index is 0.0598. The Kier molecular flexibility index (Phi) is 5.54. The Morgan fingerprint density at radius 2 is 1.87 bits per heavy atom. The minimum atomic E-state index is -0.571. The summed E-state index contributed by atoms with van der Waals surface area (Å²) >= 11 is 0. The number of carbonyl (C=O) groups excluding carboxylic acids is 2. The summed E-state index contributed by atoms with van der Waals surface area (Å²) in [6.07, 6.45) is 5.17. The van der Waals surface area contributed by atoms with Gasteiger partial charge in [0.05, 0.1) is 11.9 Å². The predicted octanol–water partition coefficient (Wildman–Crippen LogP) is 4.32. The first-order chi connectivity index (χ1) is 14.3. The van der Waals surface area contributed by atoms with E-state index < -0.39 is 11.7 Å². The van der Waals surface area contributed by atoms with E-state index in [0.717, 1.165) is 36.1 Å². The lowest BCUT2D eigenvalue weighted by molar-refractivity contribution is 0.0503. The molecular weight excluding hydrogens is 382 g/mol. The number of fused-ring (bicyclic) bond motifs is 1. The van der Waals surface area contributed by atoms with Crippen molar-refractivity contribution in [2.24, 2.45) is 0 Å². The Morgan fingerprint density at radius 1 is 1.13 bits per heavy atom. The summed E-state index contributed by atoms with van der Waals surface area (Å²) in [4.78, 5) is 27.3. The fourth-order valence-electron chi connectivity index (χ4n) is 3.95. The fourth-order valence-corrected chi connectivity index (χ4v) is 3.95. The quantitative estimate of drug-likeness (QED) is 0.749. The van der Waals surface area contributed by atoms with Crippen molar-refractivity contribution < 1.29 is 19.1 Å². The van der Waals surface area contributed by atoms with Gasteiger partial charge >= 0.3 is 12.2 Å². The number of hydrogen-bond donors (Lipinski definition) is 0. The molecule has 0 radical (unpaired) electrons. The topological polar surface area (TPSA) is 73.7 Å². The van der Waals surface area contributed by atoms with Crippen molar-refractivity contribution in [2.75, 3.05) is 0 Å². The molecule has 7 nitrogen and oxygen atoms in total. The maximum Gasteiger partial charge on any atom is 0.435 e. The highest BCUT2D eigenvalue weighted by Gasteiger charge is 2.40. The zero-order valence-corrected chi connectivity index (χ0v) is 17.8. The molecule has 4 rings (SSSR count). The third-order valence-corrected chi connectivity index (χ3v) is 5.44. The number of hydrogen-bond acceptors (Lipinski definition) is 5. The maximum atomic E-state index is 12.9. The molecule has 1 amide bonds. The Labute approximate surface area is 177 Å². The van der Waals surface area contributed by atoms with E-state index in [1.54, 1.807) is 6.20 Å². The van der Waals surface area contributed by atoms with Crippen LogP contribution in [0.2, 0.25) is 0 Å². The Morgan fingerprint density at radius 3 is 2.53 bits per heavy atom. The third-order valence-electron chi connectivity index (χ3n) is 5.44. The van der Waals surface area contributed by atoms with E-state index in [0.29, 0.717) is 12.8 Å². The van der Waals surface area contributed by atoms with E-state index in [2.05, 4.69) is 5.10 Å². The summed E-state index contributed by atoms with van der Waals surface area (Å²) in [5, 5.41) is 4.26. The molecule has 1 aromatic carbocycles. The van der Waals surface area contributed by atoms with Gasteiger partial charge in [-0.2, -0.15) is 9.78 Å². The first-order valence-electron chi connectivity index (χ1n) is 10.6. The molecule has 1 fully saturated rings. The van der Waals surface area contributed by atoms with Crippen molar-refractivity contribution in [1.29, 1.82) is 0 Å². The molecule has 0 saturated heterocycles. The van der Waals surface area contributed by atoms with Gasteiger partial charge < -0.3 is 14.4 Å². The molecule has 1 saturated carbocycles. The van der Waals surface area contributed by atoms with Crippen LogP contribution in [0.1, 0.15) is 56.9 Å². The van der Waals surface area contributed by atoms with Crippen LogP contribution in [-0.4, -0.2) is 44.6 Å². The second-order valence-electron chi connectivity index (χ2n) is 9.08. The van der Waals surface area contributed by atoms with Crippen molar-refractivity contribution in [3.63, 3.8) is 0 Å². The van der Waals surface area contributed by atoms with Gasteiger partial charge in [0.1, 0.15) is 12.2 Å². The summed E-state index contributed by atoms with van der Waals surface area (Å²) in [7, 11) is 0. The predicted molar refractivity (Wildman–Crippen MR) is 111 cm³/mol. The summed E-state index contributed by atoms with van der Waals surface area (Å²) in [6.45, 7) is 5.79. The molecule has 0 aliphatic heterocycles. The number of benzene rings is 1. The standard InChI is InChI=1S/C23H29N3O4/c1-23(2,3)30-22(28)26-20-12-11-19(13-17(20)14-24-26)25(18-9-10-18)21(27)29-15-16-7-5-4-6-8-16/h4-8,14,18-19H,9-13,15H2,1-3H3. The molecule has 1 atom stereocenters. The van der Waals surface area contributed by atoms with Crippen LogP contribution < -0.4 is 0 Å². The lowest BCUT2D eigenvalue weighted by Gasteiger charge is -2.34. The van der Waals surface area contributed by atoms with Crippen molar-refractivity contribution in [3.05, 3.63) is 53.3 Å². The molecule has 2 aliphatic carbocycles. The SMILES string of the molecule is CC(C)(C)OC(=O)n1ncc2c1CCC(N(C(=O)OCc1ccccc1)C1CC1)C2. The van der Waals surface area contributed by atoms with Gasteiger partial charge in [-0.15, -0.1) is 0 Å². The molecule has 0 spiro atoms. The van der Waals surface area contributed by atoms with E-state index >= 15 is 0 Å². The molecule has 2 aromatic rings. The van der Waals surface area contributed by atoms with E-state index in [-0.39, 0.29) is 24.8 Å². The molecule has 1 heterocycles. The smallest absolute Gasteiger partial charge is 0.435 e. The number of ether oxygens (including phenoxy) is 2. The van der Waals surface area contributed by atoms with Crippen LogP contribution in [0, 0.1) is 0 Å². The average Bonchev–Trinajstić information content (AvgIpc) is 3.43. The number of nitrogens with zero attached hydrogens (tertiary/aromatic N) is 3. The highest BCUT2D eigenvalue weighted by molar-refractivity contribution is 5.71. The molecule has 1 unspecified atom stereocenters. The van der Waals surface area contributed by atoms with Crippen LogP contribution in [-0.2, 0) is 28.9 Å². The monoisotopic (exact) mass is 411 g/mol. The Balaban J connectivity index is 1.43. The minimum Gasteiger partial charge on any atom is -0.445 e. The summed E-state index contributed by atoms with van der Waals surface area (Å²) in [5.41, 5.74) is 2.29. The summed E-state index contributed by atoms with van der Waals surface area (Å²) in [6, 6.07) is 10.0. The normalized spacial score (nSPS) is 18.4. The van der Waals surface area contributed by atoms with E-state index in [9.17, 15) is 9.59 Å². The second kappa shape index (κ2) is 8.13. The van der Waals surface area contributed by atoms with Crippen molar-refractivity contribution in [3.8, 4) is 0 Å². The van der Waals surface area contributed by atoms with E-state index in [1.165, 1.54) is 4.68 Å². The van der Waals surface area contributed by atoms with Gasteiger partial charge in [-0.3, -0.25) is 0 Å². The molecule has 160 valence electrons. The van der Waals surface area contributed by atoms with Gasteiger partial charge in [-0.05, 0) is 64.0 Å². The van der Waals surface area contributed by atoms with E-state index in [1.807, 2.05) is 56.0 Å². The van der Waals surface area contributed by atoms with Crippen LogP contribution in [0.4, 0.5) is 9.59 Å². The van der Waals surface area contributed by atoms with Crippen LogP contribution in [0.15, 0.2) is 36.5 Å². The Hall–Kier alpha value is -2.83. The molecule has 0 N–H and O–H groups in total. The summed E-state index contributed by atoms with van der Waals surface area (Å²) < 4.78 is 12.5. The van der Waals surface area contributed by atoms with Gasteiger partial charge in [-0.1, -0.05) is 30.3 Å². The van der Waals surface area contributed by atoms with Gasteiger partial charge in [0.25, 0.3) is 0 Å². The first-order valence-corrected chi connectivity index (χ1v) is 10.6. The average molecular weight is 412 g/mol. The van der Waals surface area contributed by atoms with Gasteiger partial charge in [-0.25, -0.2) is 9.59 Å². The van der Waals surface area contributed by atoms with Crippen LogP contribution in [0.5, 0.6) is 0 Å². The maximum absolute atomic E-state index is 12.9. The van der Waals surface area contributed by atoms with Crippen LogP contribution in [0.25, 0.3) is 0 Å². The lowest BCUT2D eigenvalue weighted by atomic mass is 9.92. The Bertz CT molecular complexity index is 912. The van der Waals surface area contributed by atoms with Crippen molar-refractivity contribution >= 4 is 12.2 Å². The van der Waals surface area contributed by atoms with E-state index in [4.69, 9.17) is 9.47 Å². The molecule has 7 heteroatoms. The number of carbonyl (C=O) groups is 2. The highest BCUT2D eigenvalue weighted by atomic mass is 16.6. The third kappa shape index (κ3) is 4.66. The van der Waals surface area contributed by atoms with Crippen LogP contribution in [0.3, 0.4) is 0 Å². The highest BCUT2D eigenvalue weighted by Crippen LogP contribution is 2.34. The number of amides is 1. The summed E-state index contributed by atoms with van der Waals surface area (Å²) in [5.74, 6) is 0. The molecule has 1 aromatic heterocycles. The van der Waals surface area contributed by atoms with Crippen LogP contribution >= 0.6 is 0 Å². The number of rotatable bonds is 4. The largest absolute Gasteiger partial charge is 0.445 e. The second-order valence-corrected chi connectivity index (χ2v) is 9.08. The van der Waals surface area contributed by atoms with Gasteiger partial charge in [0.15, 0.2) is 0 Å². The number of aromatic nitrogens is 2. The molecular formula is C23H29N3O4. The molecule has 30 heavy (non-hydrogen) atoms. The molecule has 0 bridgehead atoms. The van der Waals surface area contributed by atoms with Gasteiger partial charge in [0, 0.05) is 12.1 Å².